The van der Waals surface area contributed by atoms with Gasteiger partial charge in [-0.15, -0.1) is 0 Å². The van der Waals surface area contributed by atoms with Crippen molar-refractivity contribution >= 4 is 16.7 Å². The number of hydrogen-bond donors (Lipinski definition) is 3. The molecule has 4 aliphatic carbocycles. The van der Waals surface area contributed by atoms with Crippen molar-refractivity contribution < 1.29 is 9.52 Å². The van der Waals surface area contributed by atoms with Gasteiger partial charge in [-0.2, -0.15) is 0 Å². The van der Waals surface area contributed by atoms with Crippen LogP contribution in [0.5, 0.6) is 0 Å². The molecule has 3 aromatic rings. The zero-order valence-electron chi connectivity index (χ0n) is 14.5. The second-order valence-electron chi connectivity index (χ2n) is 8.49. The fourth-order valence-electron chi connectivity index (χ4n) is 6.07. The Hall–Kier alpha value is -2.34. The van der Waals surface area contributed by atoms with Crippen LogP contribution in [0.1, 0.15) is 32.1 Å². The summed E-state index contributed by atoms with van der Waals surface area (Å²) in [7, 11) is 0. The van der Waals surface area contributed by atoms with Gasteiger partial charge in [0.2, 0.25) is 5.89 Å². The van der Waals surface area contributed by atoms with Gasteiger partial charge in [-0.3, -0.25) is 0 Å². The number of anilines is 1. The Balaban J connectivity index is 1.43. The number of rotatable bonds is 3. The van der Waals surface area contributed by atoms with Crippen LogP contribution in [-0.4, -0.2) is 31.7 Å². The third-order valence-corrected chi connectivity index (χ3v) is 6.80. The van der Waals surface area contributed by atoms with E-state index in [1.54, 1.807) is 12.5 Å². The van der Waals surface area contributed by atoms with E-state index in [9.17, 15) is 5.11 Å². The molecule has 4 bridgehead atoms. The van der Waals surface area contributed by atoms with Crippen LogP contribution in [0.25, 0.3) is 22.5 Å². The van der Waals surface area contributed by atoms with Gasteiger partial charge in [0, 0.05) is 23.8 Å². The third kappa shape index (κ3) is 2.08. The average Bonchev–Trinajstić information content (AvgIpc) is 3.27. The molecule has 3 aromatic heterocycles. The predicted molar refractivity (Wildman–Crippen MR) is 97.5 cm³/mol. The van der Waals surface area contributed by atoms with Crippen LogP contribution >= 0.6 is 0 Å². The molecular weight excluding hydrogens is 328 g/mol. The van der Waals surface area contributed by atoms with Crippen LogP contribution < -0.4 is 5.32 Å². The van der Waals surface area contributed by atoms with E-state index in [0.717, 1.165) is 41.5 Å². The van der Waals surface area contributed by atoms with Crippen molar-refractivity contribution in [1.82, 2.24) is 15.0 Å². The number of aromatic amines is 1. The van der Waals surface area contributed by atoms with Crippen molar-refractivity contribution in [2.75, 3.05) is 5.32 Å². The van der Waals surface area contributed by atoms with Crippen LogP contribution in [-0.2, 0) is 0 Å². The van der Waals surface area contributed by atoms with Gasteiger partial charge >= 0.3 is 0 Å². The molecule has 7 rings (SSSR count). The molecule has 0 aromatic carbocycles. The smallest absolute Gasteiger partial charge is 0.229 e. The van der Waals surface area contributed by atoms with E-state index in [1.165, 1.54) is 12.8 Å². The number of oxazole rings is 1. The Morgan fingerprint density at radius 1 is 1.19 bits per heavy atom. The number of hydrogen-bond acceptors (Lipinski definition) is 5. The highest BCUT2D eigenvalue weighted by molar-refractivity contribution is 5.97. The monoisotopic (exact) mass is 350 g/mol. The number of nitrogens with zero attached hydrogens (tertiary/aromatic N) is 2. The maximum atomic E-state index is 10.9. The van der Waals surface area contributed by atoms with Crippen molar-refractivity contribution in [3.8, 4) is 11.5 Å². The van der Waals surface area contributed by atoms with Gasteiger partial charge in [0.05, 0.1) is 23.0 Å². The lowest BCUT2D eigenvalue weighted by Crippen LogP contribution is -2.59. The number of aliphatic hydroxyl groups is 1. The Labute approximate surface area is 151 Å². The van der Waals surface area contributed by atoms with E-state index < -0.39 is 5.60 Å². The third-order valence-electron chi connectivity index (χ3n) is 6.80. The van der Waals surface area contributed by atoms with Crippen LogP contribution in [0, 0.1) is 17.8 Å². The standard InChI is InChI=1S/C20H22N4O2/c25-20-7-11-5-12(8-20)16(13(6-11)9-20)24-17-14-1-2-21-18(14)23-10-15(17)19-22-3-4-26-19/h1-4,10-13,16,25H,5-9H2,(H2,21,23,24)/t11?,12-,13+,16?,20?. The highest BCUT2D eigenvalue weighted by Crippen LogP contribution is 2.56. The first-order valence-electron chi connectivity index (χ1n) is 9.53. The maximum Gasteiger partial charge on any atom is 0.229 e. The molecule has 6 heteroatoms. The van der Waals surface area contributed by atoms with Crippen molar-refractivity contribution in [2.45, 2.75) is 43.7 Å². The highest BCUT2D eigenvalue weighted by atomic mass is 16.3. The summed E-state index contributed by atoms with van der Waals surface area (Å²) in [4.78, 5) is 12.1. The van der Waals surface area contributed by atoms with E-state index in [2.05, 4.69) is 26.3 Å². The molecule has 3 unspecified atom stereocenters. The van der Waals surface area contributed by atoms with Crippen molar-refractivity contribution in [1.29, 1.82) is 0 Å². The molecule has 134 valence electrons. The van der Waals surface area contributed by atoms with E-state index in [0.29, 0.717) is 29.7 Å². The molecule has 6 nitrogen and oxygen atoms in total. The molecule has 5 atom stereocenters. The molecule has 26 heavy (non-hydrogen) atoms. The highest BCUT2D eigenvalue weighted by Gasteiger charge is 2.54. The Kier molecular flexibility index (Phi) is 2.90. The number of fused-ring (bicyclic) bond motifs is 1. The summed E-state index contributed by atoms with van der Waals surface area (Å²) in [5, 5.41) is 15.8. The van der Waals surface area contributed by atoms with E-state index in [4.69, 9.17) is 4.42 Å². The van der Waals surface area contributed by atoms with Gasteiger partial charge in [-0.25, -0.2) is 9.97 Å². The Bertz CT molecular complexity index is 948. The van der Waals surface area contributed by atoms with Gasteiger partial charge in [0.25, 0.3) is 0 Å². The van der Waals surface area contributed by atoms with Crippen molar-refractivity contribution in [3.63, 3.8) is 0 Å². The number of H-pyrrole nitrogens is 1. The molecule has 3 N–H and O–H groups in total. The predicted octanol–water partition coefficient (Wildman–Crippen LogP) is 3.57. The first kappa shape index (κ1) is 14.8. The van der Waals surface area contributed by atoms with E-state index >= 15 is 0 Å². The van der Waals surface area contributed by atoms with E-state index in [-0.39, 0.29) is 0 Å². The summed E-state index contributed by atoms with van der Waals surface area (Å²) >= 11 is 0. The van der Waals surface area contributed by atoms with Gasteiger partial charge in [-0.1, -0.05) is 0 Å². The molecule has 0 radical (unpaired) electrons. The summed E-state index contributed by atoms with van der Waals surface area (Å²) in [5.41, 5.74) is 2.39. The fraction of sp³-hybridized carbons (Fsp3) is 0.500. The average molecular weight is 350 g/mol. The summed E-state index contributed by atoms with van der Waals surface area (Å²) in [6.07, 6.45) is 12.3. The molecule has 4 fully saturated rings. The van der Waals surface area contributed by atoms with Crippen LogP contribution in [0.4, 0.5) is 5.69 Å². The minimum Gasteiger partial charge on any atom is -0.444 e. The normalized spacial score (nSPS) is 35.3. The molecular formula is C20H22N4O2. The lowest BCUT2D eigenvalue weighted by molar-refractivity contribution is -0.129. The molecule has 0 amide bonds. The fourth-order valence-corrected chi connectivity index (χ4v) is 6.07. The molecule has 0 spiro atoms. The minimum atomic E-state index is -0.415. The first-order valence-corrected chi connectivity index (χ1v) is 9.53. The van der Waals surface area contributed by atoms with Gasteiger partial charge in [-0.05, 0) is 55.9 Å². The number of aromatic nitrogens is 3. The maximum absolute atomic E-state index is 10.9. The summed E-state index contributed by atoms with van der Waals surface area (Å²) in [6.45, 7) is 0. The first-order chi connectivity index (χ1) is 12.7. The Morgan fingerprint density at radius 3 is 2.77 bits per heavy atom. The Morgan fingerprint density at radius 2 is 2.04 bits per heavy atom. The second-order valence-corrected chi connectivity index (χ2v) is 8.49. The van der Waals surface area contributed by atoms with Crippen molar-refractivity contribution in [3.05, 3.63) is 30.9 Å². The van der Waals surface area contributed by atoms with Crippen molar-refractivity contribution in [2.24, 2.45) is 17.8 Å². The van der Waals surface area contributed by atoms with Crippen LogP contribution in [0.2, 0.25) is 0 Å². The zero-order chi connectivity index (χ0) is 17.3. The lowest BCUT2D eigenvalue weighted by atomic mass is 9.52. The van der Waals surface area contributed by atoms with Crippen LogP contribution in [0.15, 0.2) is 35.3 Å². The van der Waals surface area contributed by atoms with Gasteiger partial charge in [0.1, 0.15) is 11.9 Å². The summed E-state index contributed by atoms with van der Waals surface area (Å²) in [6, 6.07) is 2.45. The largest absolute Gasteiger partial charge is 0.444 e. The molecule has 4 saturated carbocycles. The van der Waals surface area contributed by atoms with Gasteiger partial charge in [0.15, 0.2) is 0 Å². The molecule has 0 saturated heterocycles. The zero-order valence-corrected chi connectivity index (χ0v) is 14.5. The number of pyridine rings is 1. The summed E-state index contributed by atoms with van der Waals surface area (Å²) in [5.74, 6) is 2.36. The molecule has 0 aliphatic heterocycles. The molecule has 4 aliphatic rings. The number of nitrogens with one attached hydrogen (secondary N) is 2. The lowest BCUT2D eigenvalue weighted by Gasteiger charge is -2.58. The van der Waals surface area contributed by atoms with Gasteiger partial charge < -0.3 is 19.8 Å². The quantitative estimate of drug-likeness (QED) is 0.672. The van der Waals surface area contributed by atoms with E-state index in [1.807, 2.05) is 12.4 Å². The minimum absolute atomic E-state index is 0.390. The van der Waals surface area contributed by atoms with Crippen LogP contribution in [0.3, 0.4) is 0 Å². The molecule has 3 heterocycles. The second kappa shape index (κ2) is 5.10. The topological polar surface area (TPSA) is 87.0 Å². The summed E-state index contributed by atoms with van der Waals surface area (Å²) < 4.78 is 5.57. The SMILES string of the molecule is OC12CC3C[C@H](C1)C(Nc1c(-c4ncco4)cnc4[nH]ccc14)[C@@H](C3)C2.